The van der Waals surface area contributed by atoms with Crippen molar-refractivity contribution in [1.82, 2.24) is 0 Å². The summed E-state index contributed by atoms with van der Waals surface area (Å²) in [7, 11) is 0. The Hall–Kier alpha value is 0.0943. The monoisotopic (exact) mass is 573 g/mol. The van der Waals surface area contributed by atoms with Gasteiger partial charge in [0.05, 0.1) is 0 Å². The molecule has 2 aromatic rings. The molecular weight excluding hydrogens is 554 g/mol. The van der Waals surface area contributed by atoms with Crippen molar-refractivity contribution in [3.8, 4) is 11.1 Å². The van der Waals surface area contributed by atoms with Crippen LogP contribution in [0, 0.1) is 0 Å². The van der Waals surface area contributed by atoms with Crippen LogP contribution in [-0.4, -0.2) is 0 Å². The van der Waals surface area contributed by atoms with Crippen LogP contribution in [0.3, 0.4) is 0 Å². The number of benzene rings is 2. The number of fused-ring (bicyclic) bond motifs is 3. The van der Waals surface area contributed by atoms with Crippen molar-refractivity contribution in [2.45, 2.75) is 30.4 Å². The average Bonchev–Trinajstić information content (AvgIpc) is 3.12. The summed E-state index contributed by atoms with van der Waals surface area (Å²) in [6, 6.07) is 15.8. The van der Waals surface area contributed by atoms with Crippen molar-refractivity contribution >= 4 is 5.57 Å². The van der Waals surface area contributed by atoms with Gasteiger partial charge < -0.3 is 48.0 Å². The van der Waals surface area contributed by atoms with Gasteiger partial charge in [0.25, 0.3) is 0 Å². The van der Waals surface area contributed by atoms with Crippen LogP contribution < -0.4 is 48.0 Å². The van der Waals surface area contributed by atoms with E-state index in [1.54, 1.807) is 11.1 Å². The van der Waals surface area contributed by atoms with Crippen LogP contribution >= 0.6 is 0 Å². The molecule has 2 aliphatic rings. The van der Waals surface area contributed by atoms with Gasteiger partial charge >= 0.3 is 144 Å². The van der Waals surface area contributed by atoms with E-state index in [0.717, 1.165) is 6.42 Å². The van der Waals surface area contributed by atoms with Crippen molar-refractivity contribution in [2.75, 3.05) is 0 Å². The predicted molar refractivity (Wildman–Crippen MR) is 89.3 cm³/mol. The summed E-state index contributed by atoms with van der Waals surface area (Å²) in [5, 5.41) is 0. The first-order chi connectivity index (χ1) is 10.8. The number of hydrogen-bond acceptors (Lipinski definition) is 0. The molecule has 0 bridgehead atoms. The van der Waals surface area contributed by atoms with E-state index in [1.165, 1.54) is 40.7 Å². The fourth-order valence-electron chi connectivity index (χ4n) is 3.86. The molecule has 0 fully saturated rings. The topological polar surface area (TPSA) is 0 Å². The second-order valence-corrected chi connectivity index (χ2v) is 7.05. The van der Waals surface area contributed by atoms with Gasteiger partial charge in [0, 0.05) is 0 Å². The van der Waals surface area contributed by atoms with Crippen molar-refractivity contribution in [3.63, 3.8) is 0 Å². The fraction of sp³-hybridized carbons (Fsp3) is 0.238. The largest absolute Gasteiger partial charge is 1.00 e. The maximum atomic E-state index is 2.36. The molecule has 0 N–H and O–H groups in total. The van der Waals surface area contributed by atoms with Gasteiger partial charge in [-0.05, 0) is 0 Å². The molecule has 1 atom stereocenters. The molecule has 1 unspecified atom stereocenters. The van der Waals surface area contributed by atoms with Crippen LogP contribution in [0.15, 0.2) is 60.2 Å². The SMILES string of the molecule is CCCC1=C(c2cccc3c2[CH]([Ti+2])c2ccccc2-3)CC=C1.[I-].[I-]. The minimum atomic E-state index is 0. The van der Waals surface area contributed by atoms with Crippen molar-refractivity contribution in [1.29, 1.82) is 0 Å². The first-order valence-electron chi connectivity index (χ1n) is 8.13. The van der Waals surface area contributed by atoms with Crippen LogP contribution in [0.5, 0.6) is 0 Å². The molecule has 0 heterocycles. The third kappa shape index (κ3) is 3.36. The Morgan fingerprint density at radius 2 is 1.67 bits per heavy atom. The van der Waals surface area contributed by atoms with Gasteiger partial charge in [-0.25, -0.2) is 0 Å². The van der Waals surface area contributed by atoms with E-state index in [-0.39, 0.29) is 48.0 Å². The van der Waals surface area contributed by atoms with E-state index < -0.39 is 0 Å². The van der Waals surface area contributed by atoms with E-state index in [0.29, 0.717) is 4.22 Å². The number of halogens is 2. The van der Waals surface area contributed by atoms with E-state index in [4.69, 9.17) is 0 Å². The molecule has 0 aliphatic heterocycles. The summed E-state index contributed by atoms with van der Waals surface area (Å²) >= 11 is 2.36. The smallest absolute Gasteiger partial charge is 1.00 e. The quantitative estimate of drug-likeness (QED) is 0.354. The Morgan fingerprint density at radius 1 is 0.958 bits per heavy atom. The average molecular weight is 573 g/mol. The van der Waals surface area contributed by atoms with E-state index in [9.17, 15) is 0 Å². The van der Waals surface area contributed by atoms with Gasteiger partial charge in [-0.1, -0.05) is 0 Å². The Morgan fingerprint density at radius 3 is 2.46 bits per heavy atom. The van der Waals surface area contributed by atoms with Gasteiger partial charge in [0.15, 0.2) is 0 Å². The molecule has 121 valence electrons. The third-order valence-corrected chi connectivity index (χ3v) is 5.77. The standard InChI is InChI=1S/C21H19.2HI.Ti/c1-2-7-15-9-5-11-17(15)19-12-6-13-20-18-10-4-3-8-16(18)14-21(19)20;;;/h3-6,8-10,12-14H,2,7,11H2,1H3;2*1H;/q;;;+2/p-2. The molecule has 2 aromatic carbocycles. The molecule has 0 amide bonds. The van der Waals surface area contributed by atoms with Crippen LogP contribution in [0.2, 0.25) is 0 Å². The van der Waals surface area contributed by atoms with Gasteiger partial charge in [0.2, 0.25) is 0 Å². The summed E-state index contributed by atoms with van der Waals surface area (Å²) in [6.07, 6.45) is 8.16. The summed E-state index contributed by atoms with van der Waals surface area (Å²) in [5.74, 6) is 0. The van der Waals surface area contributed by atoms with Crippen LogP contribution in [0.1, 0.15) is 47.1 Å². The van der Waals surface area contributed by atoms with Crippen molar-refractivity contribution < 1.29 is 68.4 Å². The van der Waals surface area contributed by atoms with Crippen LogP contribution in [-0.2, 0) is 20.4 Å². The van der Waals surface area contributed by atoms with E-state index in [2.05, 4.69) is 82.0 Å². The molecule has 3 heteroatoms. The number of hydrogen-bond donors (Lipinski definition) is 0. The van der Waals surface area contributed by atoms with Gasteiger partial charge in [0.1, 0.15) is 0 Å². The molecular formula is C21H19I2Ti. The first kappa shape index (κ1) is 20.4. The van der Waals surface area contributed by atoms with E-state index in [1.807, 2.05) is 0 Å². The maximum Gasteiger partial charge on any atom is -1.00 e. The zero-order valence-electron chi connectivity index (χ0n) is 13.7. The number of allylic oxidation sites excluding steroid dienone is 4. The molecule has 0 saturated carbocycles. The Kier molecular flexibility index (Phi) is 7.36. The molecule has 2 aliphatic carbocycles. The predicted octanol–water partition coefficient (Wildman–Crippen LogP) is -0.175. The zero-order valence-corrected chi connectivity index (χ0v) is 19.5. The fourth-order valence-corrected chi connectivity index (χ4v) is 4.74. The number of rotatable bonds is 3. The van der Waals surface area contributed by atoms with Gasteiger partial charge in [-0.3, -0.25) is 0 Å². The van der Waals surface area contributed by atoms with Crippen molar-refractivity contribution in [3.05, 3.63) is 76.9 Å². The molecule has 0 saturated heterocycles. The van der Waals surface area contributed by atoms with E-state index >= 15 is 0 Å². The summed E-state index contributed by atoms with van der Waals surface area (Å²) in [6.45, 7) is 2.27. The molecule has 0 radical (unpaired) electrons. The molecule has 0 aromatic heterocycles. The van der Waals surface area contributed by atoms with Crippen molar-refractivity contribution in [2.24, 2.45) is 0 Å². The maximum absolute atomic E-state index is 2.36. The second-order valence-electron chi connectivity index (χ2n) is 6.15. The molecule has 0 spiro atoms. The summed E-state index contributed by atoms with van der Waals surface area (Å²) < 4.78 is 0.498. The molecule has 4 rings (SSSR count). The van der Waals surface area contributed by atoms with Gasteiger partial charge in [-0.15, -0.1) is 0 Å². The van der Waals surface area contributed by atoms with Gasteiger partial charge in [-0.2, -0.15) is 0 Å². The summed E-state index contributed by atoms with van der Waals surface area (Å²) in [4.78, 5) is 0. The zero-order chi connectivity index (χ0) is 15.1. The molecule has 24 heavy (non-hydrogen) atoms. The Labute approximate surface area is 190 Å². The Balaban J connectivity index is 0.00000104. The van der Waals surface area contributed by atoms with Crippen LogP contribution in [0.25, 0.3) is 16.7 Å². The summed E-state index contributed by atoms with van der Waals surface area (Å²) in [5.41, 5.74) is 10.5. The normalized spacial score (nSPS) is 17.2. The minimum absolute atomic E-state index is 0. The second kappa shape index (κ2) is 8.65. The van der Waals surface area contributed by atoms with Crippen LogP contribution in [0.4, 0.5) is 0 Å². The third-order valence-electron chi connectivity index (χ3n) is 4.83. The minimum Gasteiger partial charge on any atom is -1.00 e. The Bertz CT molecular complexity index is 805. The molecule has 0 nitrogen and oxygen atoms in total. The first-order valence-corrected chi connectivity index (χ1v) is 9.03.